The number of aryl methyl sites for hydroxylation is 1. The summed E-state index contributed by atoms with van der Waals surface area (Å²) >= 11 is 2.81. The summed E-state index contributed by atoms with van der Waals surface area (Å²) in [6.07, 6.45) is 1.32. The summed E-state index contributed by atoms with van der Waals surface area (Å²) < 4.78 is 12.7. The quantitative estimate of drug-likeness (QED) is 0.647. The third-order valence-electron chi connectivity index (χ3n) is 2.89. The standard InChI is InChI=1S/C15H21N3O4S2/c1-7-21-12(19)10-13(23-6)24-11-9(8(2)17-18(10)11)16-14(20)22-15(3,4)5/h7H2,1-6H3,(H,16,20). The number of aromatic nitrogens is 2. The highest BCUT2D eigenvalue weighted by molar-refractivity contribution is 8.00. The number of nitrogens with zero attached hydrogens (tertiary/aromatic N) is 2. The third-order valence-corrected chi connectivity index (χ3v) is 5.16. The van der Waals surface area contributed by atoms with Crippen LogP contribution in [0.3, 0.4) is 0 Å². The Hall–Kier alpha value is -1.74. The van der Waals surface area contributed by atoms with Gasteiger partial charge in [0.1, 0.15) is 16.1 Å². The highest BCUT2D eigenvalue weighted by Gasteiger charge is 2.26. The molecule has 2 aromatic rings. The number of esters is 1. The maximum atomic E-state index is 12.2. The summed E-state index contributed by atoms with van der Waals surface area (Å²) in [6.45, 7) is 9.19. The van der Waals surface area contributed by atoms with Gasteiger partial charge in [0.15, 0.2) is 5.69 Å². The maximum Gasteiger partial charge on any atom is 0.412 e. The summed E-state index contributed by atoms with van der Waals surface area (Å²) in [6, 6.07) is 0. The first kappa shape index (κ1) is 18.6. The van der Waals surface area contributed by atoms with Gasteiger partial charge in [-0.3, -0.25) is 5.32 Å². The lowest BCUT2D eigenvalue weighted by molar-refractivity contribution is 0.0512. The molecule has 0 radical (unpaired) electrons. The Morgan fingerprint density at radius 1 is 1.38 bits per heavy atom. The molecule has 24 heavy (non-hydrogen) atoms. The number of amides is 1. The number of hydrogen-bond acceptors (Lipinski definition) is 7. The molecular formula is C15H21N3O4S2. The smallest absolute Gasteiger partial charge is 0.412 e. The van der Waals surface area contributed by atoms with Gasteiger partial charge in [0.2, 0.25) is 0 Å². The molecule has 0 atom stereocenters. The maximum absolute atomic E-state index is 12.2. The lowest BCUT2D eigenvalue weighted by Gasteiger charge is -2.19. The van der Waals surface area contributed by atoms with Gasteiger partial charge in [-0.2, -0.15) is 5.10 Å². The molecule has 132 valence electrons. The summed E-state index contributed by atoms with van der Waals surface area (Å²) in [4.78, 5) is 25.0. The average Bonchev–Trinajstić information content (AvgIpc) is 2.93. The minimum absolute atomic E-state index is 0.285. The van der Waals surface area contributed by atoms with E-state index in [1.165, 1.54) is 27.6 Å². The molecule has 0 aliphatic carbocycles. The number of rotatable bonds is 4. The second-order valence-corrected chi connectivity index (χ2v) is 8.04. The van der Waals surface area contributed by atoms with Crippen LogP contribution in [0.1, 0.15) is 43.9 Å². The molecule has 0 fully saturated rings. The van der Waals surface area contributed by atoms with E-state index in [0.717, 1.165) is 4.21 Å². The molecule has 9 heteroatoms. The van der Waals surface area contributed by atoms with Crippen LogP contribution in [-0.4, -0.2) is 40.1 Å². The minimum Gasteiger partial charge on any atom is -0.461 e. The zero-order valence-corrected chi connectivity index (χ0v) is 16.2. The summed E-state index contributed by atoms with van der Waals surface area (Å²) in [7, 11) is 0. The van der Waals surface area contributed by atoms with Gasteiger partial charge in [0.05, 0.1) is 16.5 Å². The highest BCUT2D eigenvalue weighted by atomic mass is 32.2. The molecule has 2 rings (SSSR count). The van der Waals surface area contributed by atoms with Crippen LogP contribution in [0.15, 0.2) is 4.21 Å². The molecule has 2 heterocycles. The number of thiazole rings is 1. The van der Waals surface area contributed by atoms with Crippen molar-refractivity contribution in [3.63, 3.8) is 0 Å². The molecule has 0 bridgehead atoms. The summed E-state index contributed by atoms with van der Waals surface area (Å²) in [5.74, 6) is -0.431. The molecule has 0 aromatic carbocycles. The van der Waals surface area contributed by atoms with Gasteiger partial charge >= 0.3 is 12.1 Å². The topological polar surface area (TPSA) is 81.9 Å². The Balaban J connectivity index is 2.44. The Labute approximate surface area is 148 Å². The number of carbonyl (C=O) groups is 2. The molecule has 0 aliphatic rings. The van der Waals surface area contributed by atoms with E-state index in [9.17, 15) is 9.59 Å². The first-order valence-electron chi connectivity index (χ1n) is 7.41. The molecule has 2 aromatic heterocycles. The fourth-order valence-electron chi connectivity index (χ4n) is 2.03. The lowest BCUT2D eigenvalue weighted by Crippen LogP contribution is -2.27. The number of carbonyl (C=O) groups excluding carboxylic acids is 2. The van der Waals surface area contributed by atoms with Crippen LogP contribution in [-0.2, 0) is 9.47 Å². The molecule has 7 nitrogen and oxygen atoms in total. The van der Waals surface area contributed by atoms with Gasteiger partial charge in [-0.15, -0.1) is 23.1 Å². The average molecular weight is 371 g/mol. The van der Waals surface area contributed by atoms with Crippen molar-refractivity contribution in [3.8, 4) is 0 Å². The van der Waals surface area contributed by atoms with Crippen LogP contribution in [0.4, 0.5) is 10.5 Å². The van der Waals surface area contributed by atoms with Gasteiger partial charge in [-0.1, -0.05) is 0 Å². The van der Waals surface area contributed by atoms with Crippen molar-refractivity contribution in [3.05, 3.63) is 11.4 Å². The van der Waals surface area contributed by atoms with E-state index in [-0.39, 0.29) is 6.61 Å². The van der Waals surface area contributed by atoms with Gasteiger partial charge in [0, 0.05) is 0 Å². The SMILES string of the molecule is CCOC(=O)c1c(SC)sc2c(NC(=O)OC(C)(C)C)c(C)nn12. The number of nitrogens with one attached hydrogen (secondary N) is 1. The van der Waals surface area contributed by atoms with E-state index in [4.69, 9.17) is 9.47 Å². The van der Waals surface area contributed by atoms with Crippen LogP contribution in [0.5, 0.6) is 0 Å². The Kier molecular flexibility index (Phi) is 5.44. The fraction of sp³-hybridized carbons (Fsp3) is 0.533. The van der Waals surface area contributed by atoms with Crippen molar-refractivity contribution in [2.45, 2.75) is 44.4 Å². The number of fused-ring (bicyclic) bond motifs is 1. The zero-order valence-electron chi connectivity index (χ0n) is 14.6. The van der Waals surface area contributed by atoms with E-state index in [1.807, 2.05) is 6.26 Å². The van der Waals surface area contributed by atoms with Crippen molar-refractivity contribution >= 4 is 45.7 Å². The predicted molar refractivity (Wildman–Crippen MR) is 95.4 cm³/mol. The monoisotopic (exact) mass is 371 g/mol. The van der Waals surface area contributed by atoms with E-state index in [0.29, 0.717) is 21.9 Å². The van der Waals surface area contributed by atoms with E-state index >= 15 is 0 Å². The fourth-order valence-corrected chi connectivity index (χ4v) is 3.93. The van der Waals surface area contributed by atoms with Crippen molar-refractivity contribution < 1.29 is 19.1 Å². The van der Waals surface area contributed by atoms with Crippen molar-refractivity contribution in [1.82, 2.24) is 9.61 Å². The Bertz CT molecular complexity index is 774. The van der Waals surface area contributed by atoms with Crippen LogP contribution >= 0.6 is 23.1 Å². The molecule has 0 saturated carbocycles. The van der Waals surface area contributed by atoms with Crippen LogP contribution in [0.2, 0.25) is 0 Å². The molecule has 0 unspecified atom stereocenters. The first-order valence-corrected chi connectivity index (χ1v) is 9.45. The van der Waals surface area contributed by atoms with Crippen LogP contribution in [0.25, 0.3) is 4.83 Å². The van der Waals surface area contributed by atoms with Crippen molar-refractivity contribution in [2.24, 2.45) is 0 Å². The van der Waals surface area contributed by atoms with Gasteiger partial charge in [-0.25, -0.2) is 14.1 Å². The second-order valence-electron chi connectivity index (χ2n) is 5.97. The highest BCUT2D eigenvalue weighted by Crippen LogP contribution is 2.37. The number of thioether (sulfide) groups is 1. The van der Waals surface area contributed by atoms with E-state index in [2.05, 4.69) is 10.4 Å². The van der Waals surface area contributed by atoms with E-state index in [1.54, 1.807) is 34.6 Å². The van der Waals surface area contributed by atoms with Crippen LogP contribution < -0.4 is 5.32 Å². The van der Waals surface area contributed by atoms with Crippen molar-refractivity contribution in [2.75, 3.05) is 18.2 Å². The molecular weight excluding hydrogens is 350 g/mol. The Morgan fingerprint density at radius 3 is 2.58 bits per heavy atom. The van der Waals surface area contributed by atoms with Crippen molar-refractivity contribution in [1.29, 1.82) is 0 Å². The number of ether oxygens (including phenoxy) is 2. The first-order chi connectivity index (χ1) is 11.2. The van der Waals surface area contributed by atoms with Gasteiger partial charge in [-0.05, 0) is 40.9 Å². The number of hydrogen-bond donors (Lipinski definition) is 1. The molecule has 0 aliphatic heterocycles. The minimum atomic E-state index is -0.597. The van der Waals surface area contributed by atoms with E-state index < -0.39 is 17.7 Å². The molecule has 1 amide bonds. The zero-order chi connectivity index (χ0) is 18.1. The molecule has 0 saturated heterocycles. The summed E-state index contributed by atoms with van der Waals surface area (Å²) in [5, 5.41) is 7.11. The molecule has 1 N–H and O–H groups in total. The lowest BCUT2D eigenvalue weighted by atomic mass is 10.2. The summed E-state index contributed by atoms with van der Waals surface area (Å²) in [5.41, 5.74) is 0.926. The second kappa shape index (κ2) is 7.02. The number of anilines is 1. The molecule has 0 spiro atoms. The van der Waals surface area contributed by atoms with Gasteiger partial charge < -0.3 is 9.47 Å². The Morgan fingerprint density at radius 2 is 2.04 bits per heavy atom. The third kappa shape index (κ3) is 3.84. The predicted octanol–water partition coefficient (Wildman–Crippen LogP) is 3.95. The van der Waals surface area contributed by atoms with Crippen LogP contribution in [0, 0.1) is 6.92 Å². The largest absolute Gasteiger partial charge is 0.461 e. The van der Waals surface area contributed by atoms with Gasteiger partial charge in [0.25, 0.3) is 0 Å². The normalized spacial score (nSPS) is 11.6.